The standard InChI is InChI=1S/C13H14FNO3/c14-11-6-5-9(8-10(11)13(17)18)15-7-3-1-2-4-12(15)16/h5-6,8H,1-4,7H2,(H,17,18). The number of carbonyl (C=O) groups excluding carboxylic acids is 1. The lowest BCUT2D eigenvalue weighted by Crippen LogP contribution is -2.30. The minimum Gasteiger partial charge on any atom is -0.478 e. The Bertz CT molecular complexity index is 487. The Hall–Kier alpha value is -1.91. The van der Waals surface area contributed by atoms with Gasteiger partial charge in [0.05, 0.1) is 5.56 Å². The molecule has 0 saturated carbocycles. The van der Waals surface area contributed by atoms with E-state index in [2.05, 4.69) is 0 Å². The van der Waals surface area contributed by atoms with Gasteiger partial charge in [-0.15, -0.1) is 0 Å². The first-order chi connectivity index (χ1) is 8.59. The van der Waals surface area contributed by atoms with Crippen LogP contribution in [0.2, 0.25) is 0 Å². The minimum absolute atomic E-state index is 0.0320. The van der Waals surface area contributed by atoms with Crippen molar-refractivity contribution in [3.8, 4) is 0 Å². The van der Waals surface area contributed by atoms with Crippen LogP contribution >= 0.6 is 0 Å². The molecule has 1 aromatic carbocycles. The van der Waals surface area contributed by atoms with Crippen molar-refractivity contribution in [3.63, 3.8) is 0 Å². The summed E-state index contributed by atoms with van der Waals surface area (Å²) >= 11 is 0. The van der Waals surface area contributed by atoms with E-state index in [-0.39, 0.29) is 5.91 Å². The Balaban J connectivity index is 2.34. The van der Waals surface area contributed by atoms with E-state index in [0.29, 0.717) is 18.7 Å². The smallest absolute Gasteiger partial charge is 0.338 e. The maximum atomic E-state index is 13.3. The molecule has 18 heavy (non-hydrogen) atoms. The van der Waals surface area contributed by atoms with Gasteiger partial charge in [-0.3, -0.25) is 4.79 Å². The number of rotatable bonds is 2. The monoisotopic (exact) mass is 251 g/mol. The van der Waals surface area contributed by atoms with Crippen molar-refractivity contribution in [2.45, 2.75) is 25.7 Å². The van der Waals surface area contributed by atoms with Gasteiger partial charge in [-0.2, -0.15) is 0 Å². The molecule has 2 rings (SSSR count). The average molecular weight is 251 g/mol. The minimum atomic E-state index is -1.32. The topological polar surface area (TPSA) is 57.6 Å². The summed E-state index contributed by atoms with van der Waals surface area (Å²) in [4.78, 5) is 24.3. The summed E-state index contributed by atoms with van der Waals surface area (Å²) < 4.78 is 13.3. The molecule has 1 fully saturated rings. The van der Waals surface area contributed by atoms with Crippen LogP contribution in [0.3, 0.4) is 0 Å². The van der Waals surface area contributed by atoms with Crippen LogP contribution in [0.4, 0.5) is 10.1 Å². The second-order valence-electron chi connectivity index (χ2n) is 4.33. The van der Waals surface area contributed by atoms with Gasteiger partial charge < -0.3 is 10.0 Å². The van der Waals surface area contributed by atoms with E-state index >= 15 is 0 Å². The fraction of sp³-hybridized carbons (Fsp3) is 0.385. The number of amides is 1. The third-order valence-electron chi connectivity index (χ3n) is 3.07. The lowest BCUT2D eigenvalue weighted by Gasteiger charge is -2.21. The molecule has 0 bridgehead atoms. The molecule has 1 aliphatic heterocycles. The molecular weight excluding hydrogens is 237 g/mol. The van der Waals surface area contributed by atoms with Gasteiger partial charge in [0.15, 0.2) is 0 Å². The van der Waals surface area contributed by atoms with E-state index in [1.54, 1.807) is 4.90 Å². The first-order valence-electron chi connectivity index (χ1n) is 5.93. The molecule has 0 spiro atoms. The molecule has 0 atom stereocenters. The molecule has 1 heterocycles. The summed E-state index contributed by atoms with van der Waals surface area (Å²) in [7, 11) is 0. The number of hydrogen-bond donors (Lipinski definition) is 1. The predicted octanol–water partition coefficient (Wildman–Crippen LogP) is 2.43. The Labute approximate surface area is 104 Å². The molecule has 1 aliphatic rings. The number of benzene rings is 1. The lowest BCUT2D eigenvalue weighted by molar-refractivity contribution is -0.118. The summed E-state index contributed by atoms with van der Waals surface area (Å²) in [6, 6.07) is 3.77. The summed E-state index contributed by atoms with van der Waals surface area (Å²) in [5, 5.41) is 8.87. The number of carboxylic acid groups (broad SMARTS) is 1. The number of carbonyl (C=O) groups is 2. The largest absolute Gasteiger partial charge is 0.478 e. The number of nitrogens with zero attached hydrogens (tertiary/aromatic N) is 1. The van der Waals surface area contributed by atoms with Crippen LogP contribution in [0, 0.1) is 5.82 Å². The van der Waals surface area contributed by atoms with Gasteiger partial charge in [0.25, 0.3) is 0 Å². The molecule has 0 aliphatic carbocycles. The van der Waals surface area contributed by atoms with Gasteiger partial charge in [0.1, 0.15) is 5.82 Å². The molecule has 1 amide bonds. The van der Waals surface area contributed by atoms with E-state index < -0.39 is 17.3 Å². The number of hydrogen-bond acceptors (Lipinski definition) is 2. The van der Waals surface area contributed by atoms with Gasteiger partial charge in [-0.05, 0) is 31.0 Å². The number of carboxylic acids is 1. The van der Waals surface area contributed by atoms with Gasteiger partial charge in [-0.1, -0.05) is 6.42 Å². The van der Waals surface area contributed by atoms with Gasteiger partial charge >= 0.3 is 5.97 Å². The highest BCUT2D eigenvalue weighted by Gasteiger charge is 2.20. The molecule has 0 radical (unpaired) electrons. The van der Waals surface area contributed by atoms with Crippen molar-refractivity contribution in [1.29, 1.82) is 0 Å². The Morgan fingerprint density at radius 2 is 2.06 bits per heavy atom. The summed E-state index contributed by atoms with van der Waals surface area (Å²) in [5.74, 6) is -2.14. The second kappa shape index (κ2) is 5.16. The van der Waals surface area contributed by atoms with Crippen molar-refractivity contribution < 1.29 is 19.1 Å². The van der Waals surface area contributed by atoms with Crippen LogP contribution < -0.4 is 4.90 Å². The molecule has 0 unspecified atom stereocenters. The fourth-order valence-electron chi connectivity index (χ4n) is 2.10. The second-order valence-corrected chi connectivity index (χ2v) is 4.33. The van der Waals surface area contributed by atoms with E-state index in [1.165, 1.54) is 12.1 Å². The van der Waals surface area contributed by atoms with E-state index in [0.717, 1.165) is 25.3 Å². The zero-order valence-corrected chi connectivity index (χ0v) is 9.86. The molecule has 4 nitrogen and oxygen atoms in total. The highest BCUT2D eigenvalue weighted by atomic mass is 19.1. The number of aromatic carboxylic acids is 1. The molecule has 1 saturated heterocycles. The Kier molecular flexibility index (Phi) is 3.60. The number of anilines is 1. The predicted molar refractivity (Wildman–Crippen MR) is 64.2 cm³/mol. The van der Waals surface area contributed by atoms with Crippen molar-refractivity contribution in [1.82, 2.24) is 0 Å². The maximum Gasteiger partial charge on any atom is 0.338 e. The van der Waals surface area contributed by atoms with Crippen molar-refractivity contribution in [2.24, 2.45) is 0 Å². The summed E-state index contributed by atoms with van der Waals surface area (Å²) in [5.41, 5.74) is 0.0604. The average Bonchev–Trinajstić information content (AvgIpc) is 2.54. The van der Waals surface area contributed by atoms with Gasteiger partial charge in [0, 0.05) is 18.7 Å². The zero-order chi connectivity index (χ0) is 13.1. The van der Waals surface area contributed by atoms with Crippen LogP contribution in [-0.4, -0.2) is 23.5 Å². The molecular formula is C13H14FNO3. The van der Waals surface area contributed by atoms with E-state index in [9.17, 15) is 14.0 Å². The quantitative estimate of drug-likeness (QED) is 0.878. The van der Waals surface area contributed by atoms with Gasteiger partial charge in [-0.25, -0.2) is 9.18 Å². The first kappa shape index (κ1) is 12.5. The fourth-order valence-corrected chi connectivity index (χ4v) is 2.10. The van der Waals surface area contributed by atoms with Crippen LogP contribution in [0.25, 0.3) is 0 Å². The van der Waals surface area contributed by atoms with E-state index in [4.69, 9.17) is 5.11 Å². The van der Waals surface area contributed by atoms with Crippen LogP contribution in [-0.2, 0) is 4.79 Å². The van der Waals surface area contributed by atoms with Crippen molar-refractivity contribution in [3.05, 3.63) is 29.6 Å². The lowest BCUT2D eigenvalue weighted by atomic mass is 10.1. The SMILES string of the molecule is O=C(O)c1cc(N2CCCCCC2=O)ccc1F. The summed E-state index contributed by atoms with van der Waals surface area (Å²) in [6.07, 6.45) is 3.17. The highest BCUT2D eigenvalue weighted by Crippen LogP contribution is 2.23. The molecule has 1 N–H and O–H groups in total. The highest BCUT2D eigenvalue weighted by molar-refractivity contribution is 5.96. The summed E-state index contributed by atoms with van der Waals surface area (Å²) in [6.45, 7) is 0.559. The molecule has 5 heteroatoms. The van der Waals surface area contributed by atoms with Crippen LogP contribution in [0.1, 0.15) is 36.0 Å². The van der Waals surface area contributed by atoms with Crippen molar-refractivity contribution in [2.75, 3.05) is 11.4 Å². The maximum absolute atomic E-state index is 13.3. The molecule has 96 valence electrons. The third-order valence-corrected chi connectivity index (χ3v) is 3.07. The van der Waals surface area contributed by atoms with Crippen LogP contribution in [0.15, 0.2) is 18.2 Å². The van der Waals surface area contributed by atoms with Gasteiger partial charge in [0.2, 0.25) is 5.91 Å². The first-order valence-corrected chi connectivity index (χ1v) is 5.93. The normalized spacial score (nSPS) is 16.5. The Morgan fingerprint density at radius 3 is 2.78 bits per heavy atom. The molecule has 1 aromatic rings. The number of halogens is 1. The van der Waals surface area contributed by atoms with Crippen LogP contribution in [0.5, 0.6) is 0 Å². The third kappa shape index (κ3) is 2.50. The van der Waals surface area contributed by atoms with Crippen molar-refractivity contribution >= 4 is 17.6 Å². The zero-order valence-electron chi connectivity index (χ0n) is 9.86. The van der Waals surface area contributed by atoms with E-state index in [1.807, 2.05) is 0 Å². The molecule has 0 aromatic heterocycles. The Morgan fingerprint density at radius 1 is 1.28 bits per heavy atom.